The van der Waals surface area contributed by atoms with Crippen molar-refractivity contribution in [3.05, 3.63) is 107 Å². The van der Waals surface area contributed by atoms with E-state index in [1.54, 1.807) is 31.4 Å². The second-order valence-electron chi connectivity index (χ2n) is 8.78. The summed E-state index contributed by atoms with van der Waals surface area (Å²) in [6.45, 7) is 2.03. The van der Waals surface area contributed by atoms with Crippen LogP contribution >= 0.6 is 0 Å². The number of carbonyl (C=O) groups excluding carboxylic acids is 1. The zero-order valence-electron chi connectivity index (χ0n) is 20.0. The van der Waals surface area contributed by atoms with E-state index in [0.29, 0.717) is 19.3 Å². The van der Waals surface area contributed by atoms with Gasteiger partial charge in [0.15, 0.2) is 0 Å². The van der Waals surface area contributed by atoms with Gasteiger partial charge in [0.1, 0.15) is 11.5 Å². The highest BCUT2D eigenvalue weighted by Gasteiger charge is 2.17. The maximum absolute atomic E-state index is 13.0. The van der Waals surface area contributed by atoms with Crippen molar-refractivity contribution in [1.29, 1.82) is 0 Å². The van der Waals surface area contributed by atoms with Crippen molar-refractivity contribution in [2.24, 2.45) is 0 Å². The van der Waals surface area contributed by atoms with E-state index in [2.05, 4.69) is 29.6 Å². The van der Waals surface area contributed by atoms with Crippen molar-refractivity contribution >= 4 is 28.2 Å². The number of benzene rings is 4. The molecule has 0 aliphatic heterocycles. The summed E-state index contributed by atoms with van der Waals surface area (Å²) in [6.07, 6.45) is 1.47. The Labute approximate surface area is 205 Å². The van der Waals surface area contributed by atoms with Gasteiger partial charge in [0.2, 0.25) is 0 Å². The number of anilines is 1. The highest BCUT2D eigenvalue weighted by molar-refractivity contribution is 5.88. The first-order valence-corrected chi connectivity index (χ1v) is 11.7. The first-order valence-electron chi connectivity index (χ1n) is 11.7. The van der Waals surface area contributed by atoms with Gasteiger partial charge in [-0.25, -0.2) is 4.79 Å². The van der Waals surface area contributed by atoms with Crippen LogP contribution in [-0.2, 0) is 11.2 Å². The Balaban J connectivity index is 1.45. The van der Waals surface area contributed by atoms with E-state index in [1.807, 2.05) is 43.3 Å². The van der Waals surface area contributed by atoms with Crippen LogP contribution in [0.25, 0.3) is 10.8 Å². The number of ether oxygens (including phenoxy) is 1. The molecule has 2 N–H and O–H groups in total. The third kappa shape index (κ3) is 6.27. The summed E-state index contributed by atoms with van der Waals surface area (Å²) in [5.74, 6) is 0.0310. The van der Waals surface area contributed by atoms with Crippen LogP contribution in [0.15, 0.2) is 84.9 Å². The number of hydrogen-bond acceptors (Lipinski definition) is 4. The van der Waals surface area contributed by atoms with Crippen LogP contribution in [0.4, 0.5) is 5.69 Å². The molecule has 1 atom stereocenters. The average molecular weight is 468 g/mol. The van der Waals surface area contributed by atoms with Gasteiger partial charge in [0, 0.05) is 18.5 Å². The van der Waals surface area contributed by atoms with Gasteiger partial charge < -0.3 is 15.2 Å². The molecule has 4 rings (SSSR count). The van der Waals surface area contributed by atoms with Gasteiger partial charge >= 0.3 is 5.97 Å². The predicted octanol–water partition coefficient (Wildman–Crippen LogP) is 6.60. The number of carbonyl (C=O) groups is 2. The standard InChI is InChI=1S/C30H29NO4/c1-20-4-3-5-25(16-20)29(31-26-12-9-22(10-13-26)30(33)34)19-27(32)14-7-21-6-8-24-18-28(35-2)15-11-23(24)17-21/h3-6,8-13,15-18,29,31H,7,14,19H2,1-2H3,(H,33,34). The normalized spacial score (nSPS) is 11.7. The minimum atomic E-state index is -0.963. The van der Waals surface area contributed by atoms with Crippen molar-refractivity contribution in [3.8, 4) is 5.75 Å². The van der Waals surface area contributed by atoms with E-state index >= 15 is 0 Å². The molecule has 0 radical (unpaired) electrons. The van der Waals surface area contributed by atoms with Gasteiger partial charge in [0.25, 0.3) is 0 Å². The van der Waals surface area contributed by atoms with Gasteiger partial charge in [-0.2, -0.15) is 0 Å². The lowest BCUT2D eigenvalue weighted by molar-refractivity contribution is -0.119. The molecule has 0 saturated carbocycles. The zero-order chi connectivity index (χ0) is 24.8. The molecule has 0 saturated heterocycles. The van der Waals surface area contributed by atoms with Crippen LogP contribution in [0.1, 0.15) is 45.9 Å². The van der Waals surface area contributed by atoms with E-state index in [-0.39, 0.29) is 17.4 Å². The Kier molecular flexibility index (Phi) is 7.46. The molecule has 0 fully saturated rings. The molecule has 0 bridgehead atoms. The molecule has 0 aromatic heterocycles. The van der Waals surface area contributed by atoms with E-state index < -0.39 is 5.97 Å². The fraction of sp³-hybridized carbons (Fsp3) is 0.200. The molecule has 0 amide bonds. The van der Waals surface area contributed by atoms with Crippen LogP contribution in [0, 0.1) is 6.92 Å². The van der Waals surface area contributed by atoms with Gasteiger partial charge in [-0.3, -0.25) is 4.79 Å². The number of rotatable bonds is 10. The largest absolute Gasteiger partial charge is 0.497 e. The maximum atomic E-state index is 13.0. The second kappa shape index (κ2) is 10.9. The Hall–Kier alpha value is -4.12. The number of nitrogens with one attached hydrogen (secondary N) is 1. The fourth-order valence-electron chi connectivity index (χ4n) is 4.22. The molecule has 5 nitrogen and oxygen atoms in total. The number of aromatic carboxylic acids is 1. The molecule has 178 valence electrons. The molecule has 5 heteroatoms. The summed E-state index contributed by atoms with van der Waals surface area (Å²) in [7, 11) is 1.66. The number of methoxy groups -OCH3 is 1. The zero-order valence-corrected chi connectivity index (χ0v) is 20.0. The van der Waals surface area contributed by atoms with Crippen LogP contribution in [-0.4, -0.2) is 24.0 Å². The molecule has 4 aromatic carbocycles. The van der Waals surface area contributed by atoms with Crippen LogP contribution in [0.5, 0.6) is 5.75 Å². The highest BCUT2D eigenvalue weighted by Crippen LogP contribution is 2.26. The average Bonchev–Trinajstić information content (AvgIpc) is 2.87. The first-order chi connectivity index (χ1) is 16.9. The third-order valence-electron chi connectivity index (χ3n) is 6.15. The molecular weight excluding hydrogens is 438 g/mol. The Morgan fingerprint density at radius 1 is 0.914 bits per heavy atom. The monoisotopic (exact) mass is 467 g/mol. The summed E-state index contributed by atoms with van der Waals surface area (Å²) < 4.78 is 5.29. The Morgan fingerprint density at radius 3 is 2.37 bits per heavy atom. The molecule has 0 aliphatic carbocycles. The van der Waals surface area contributed by atoms with Crippen LogP contribution in [0.2, 0.25) is 0 Å². The highest BCUT2D eigenvalue weighted by atomic mass is 16.5. The van der Waals surface area contributed by atoms with Crippen molar-refractivity contribution in [1.82, 2.24) is 0 Å². The number of fused-ring (bicyclic) bond motifs is 1. The van der Waals surface area contributed by atoms with Gasteiger partial charge in [-0.05, 0) is 71.6 Å². The summed E-state index contributed by atoms with van der Waals surface area (Å²) in [4.78, 5) is 24.2. The van der Waals surface area contributed by atoms with Crippen LogP contribution < -0.4 is 10.1 Å². The van der Waals surface area contributed by atoms with Crippen molar-refractivity contribution in [2.45, 2.75) is 32.2 Å². The predicted molar refractivity (Wildman–Crippen MR) is 139 cm³/mol. The van der Waals surface area contributed by atoms with Gasteiger partial charge in [-0.15, -0.1) is 0 Å². The Morgan fingerprint density at radius 2 is 1.66 bits per heavy atom. The molecule has 0 heterocycles. The lowest BCUT2D eigenvalue weighted by Gasteiger charge is -2.21. The number of Topliss-reactive ketones (excluding diaryl/α,β-unsaturated/α-hetero) is 1. The van der Waals surface area contributed by atoms with E-state index in [0.717, 1.165) is 38.9 Å². The molecule has 0 aliphatic rings. The lowest BCUT2D eigenvalue weighted by atomic mass is 9.96. The second-order valence-corrected chi connectivity index (χ2v) is 8.78. The van der Waals surface area contributed by atoms with E-state index in [4.69, 9.17) is 9.84 Å². The van der Waals surface area contributed by atoms with Gasteiger partial charge in [0.05, 0.1) is 18.7 Å². The minimum absolute atomic E-state index is 0.168. The lowest BCUT2D eigenvalue weighted by Crippen LogP contribution is -2.16. The van der Waals surface area contributed by atoms with E-state index in [9.17, 15) is 9.59 Å². The number of carboxylic acid groups (broad SMARTS) is 1. The number of hydrogen-bond donors (Lipinski definition) is 2. The minimum Gasteiger partial charge on any atom is -0.497 e. The number of carboxylic acids is 1. The molecular formula is C30H29NO4. The summed E-state index contributed by atoms with van der Waals surface area (Å²) in [6, 6.07) is 26.7. The summed E-state index contributed by atoms with van der Waals surface area (Å²) in [5, 5.41) is 14.8. The fourth-order valence-corrected chi connectivity index (χ4v) is 4.22. The quantitative estimate of drug-likeness (QED) is 0.275. The van der Waals surface area contributed by atoms with Crippen molar-refractivity contribution in [3.63, 3.8) is 0 Å². The number of ketones is 1. The van der Waals surface area contributed by atoms with Gasteiger partial charge in [-0.1, -0.05) is 54.1 Å². The number of aryl methyl sites for hydroxylation is 2. The molecule has 0 spiro atoms. The first kappa shape index (κ1) is 24.0. The summed E-state index contributed by atoms with van der Waals surface area (Å²) >= 11 is 0. The van der Waals surface area contributed by atoms with E-state index in [1.165, 1.54) is 0 Å². The molecule has 35 heavy (non-hydrogen) atoms. The summed E-state index contributed by atoms with van der Waals surface area (Å²) in [5.41, 5.74) is 4.28. The molecule has 4 aromatic rings. The maximum Gasteiger partial charge on any atom is 0.335 e. The van der Waals surface area contributed by atoms with Crippen LogP contribution in [0.3, 0.4) is 0 Å². The topological polar surface area (TPSA) is 75.6 Å². The Bertz CT molecular complexity index is 1340. The van der Waals surface area contributed by atoms with Crippen molar-refractivity contribution < 1.29 is 19.4 Å². The third-order valence-corrected chi connectivity index (χ3v) is 6.15. The SMILES string of the molecule is COc1ccc2cc(CCC(=O)CC(Nc3ccc(C(=O)O)cc3)c3cccc(C)c3)ccc2c1. The smallest absolute Gasteiger partial charge is 0.335 e. The molecule has 1 unspecified atom stereocenters. The van der Waals surface area contributed by atoms with Crippen molar-refractivity contribution in [2.75, 3.05) is 12.4 Å².